The van der Waals surface area contributed by atoms with Crippen LogP contribution < -0.4 is 5.32 Å². The van der Waals surface area contributed by atoms with Crippen molar-refractivity contribution in [2.24, 2.45) is 5.41 Å². The predicted molar refractivity (Wildman–Crippen MR) is 60.3 cm³/mol. The Labute approximate surface area is 93.2 Å². The molecule has 2 N–H and O–H groups in total. The number of nitrogens with one attached hydrogen (secondary N) is 1. The first-order valence-electron chi connectivity index (χ1n) is 5.25. The molecule has 1 saturated carbocycles. The highest BCUT2D eigenvalue weighted by molar-refractivity contribution is 5.61. The van der Waals surface area contributed by atoms with Gasteiger partial charge in [0.15, 0.2) is 0 Å². The molecule has 0 heterocycles. The van der Waals surface area contributed by atoms with Gasteiger partial charge in [-0.25, -0.2) is 0 Å². The number of hydrogen-bond acceptors (Lipinski definition) is 4. The largest absolute Gasteiger partial charge is 0.396 e. The second-order valence-corrected chi connectivity index (χ2v) is 4.29. The molecule has 5 nitrogen and oxygen atoms in total. The molecule has 0 unspecified atom stereocenters. The van der Waals surface area contributed by atoms with Crippen molar-refractivity contribution in [2.45, 2.75) is 12.8 Å². The molecule has 16 heavy (non-hydrogen) atoms. The van der Waals surface area contributed by atoms with Gasteiger partial charge in [-0.05, 0) is 18.9 Å². The molecule has 0 aromatic heterocycles. The molecule has 0 amide bonds. The third-order valence-corrected chi connectivity index (χ3v) is 3.05. The van der Waals surface area contributed by atoms with Gasteiger partial charge in [-0.3, -0.25) is 10.1 Å². The molecular weight excluding hydrogens is 208 g/mol. The van der Waals surface area contributed by atoms with E-state index in [2.05, 4.69) is 5.32 Å². The maximum Gasteiger partial charge on any atom is 0.292 e. The molecule has 1 aliphatic rings. The van der Waals surface area contributed by atoms with Crippen LogP contribution in [-0.4, -0.2) is 23.2 Å². The number of nitro groups is 1. The van der Waals surface area contributed by atoms with E-state index >= 15 is 0 Å². The first kappa shape index (κ1) is 10.9. The lowest BCUT2D eigenvalue weighted by atomic mass is 10.1. The third-order valence-electron chi connectivity index (χ3n) is 3.05. The van der Waals surface area contributed by atoms with Crippen LogP contribution in [0.2, 0.25) is 0 Å². The lowest BCUT2D eigenvalue weighted by Crippen LogP contribution is -2.19. The summed E-state index contributed by atoms with van der Waals surface area (Å²) >= 11 is 0. The number of anilines is 1. The highest BCUT2D eigenvalue weighted by atomic mass is 16.6. The number of nitrogens with zero attached hydrogens (tertiary/aromatic N) is 1. The van der Waals surface area contributed by atoms with Crippen LogP contribution in [0.25, 0.3) is 0 Å². The van der Waals surface area contributed by atoms with E-state index in [4.69, 9.17) is 5.11 Å². The minimum atomic E-state index is -0.402. The summed E-state index contributed by atoms with van der Waals surface area (Å²) in [6.07, 6.45) is 1.97. The molecule has 0 saturated heterocycles. The molecule has 0 spiro atoms. The summed E-state index contributed by atoms with van der Waals surface area (Å²) in [5.41, 5.74) is 0.549. The van der Waals surface area contributed by atoms with E-state index in [0.29, 0.717) is 12.2 Å². The lowest BCUT2D eigenvalue weighted by molar-refractivity contribution is -0.384. The Morgan fingerprint density at radius 2 is 2.12 bits per heavy atom. The van der Waals surface area contributed by atoms with Crippen molar-refractivity contribution in [2.75, 3.05) is 18.5 Å². The summed E-state index contributed by atoms with van der Waals surface area (Å²) in [5, 5.41) is 22.9. The van der Waals surface area contributed by atoms with Gasteiger partial charge >= 0.3 is 0 Å². The highest BCUT2D eigenvalue weighted by Crippen LogP contribution is 2.45. The lowest BCUT2D eigenvalue weighted by Gasteiger charge is -2.13. The van der Waals surface area contributed by atoms with Crippen LogP contribution in [0.4, 0.5) is 11.4 Å². The molecule has 5 heteroatoms. The molecule has 1 fully saturated rings. The minimum Gasteiger partial charge on any atom is -0.396 e. The smallest absolute Gasteiger partial charge is 0.292 e. The average Bonchev–Trinajstić information content (AvgIpc) is 3.07. The van der Waals surface area contributed by atoms with Crippen LogP contribution in [-0.2, 0) is 0 Å². The zero-order valence-corrected chi connectivity index (χ0v) is 8.85. The predicted octanol–water partition coefficient (Wildman–Crippen LogP) is 1.78. The number of hydrogen-bond donors (Lipinski definition) is 2. The van der Waals surface area contributed by atoms with Gasteiger partial charge < -0.3 is 10.4 Å². The van der Waals surface area contributed by atoms with E-state index in [9.17, 15) is 10.1 Å². The van der Waals surface area contributed by atoms with Crippen molar-refractivity contribution < 1.29 is 10.0 Å². The van der Waals surface area contributed by atoms with E-state index in [-0.39, 0.29) is 17.7 Å². The summed E-state index contributed by atoms with van der Waals surface area (Å²) in [7, 11) is 0. The van der Waals surface area contributed by atoms with Gasteiger partial charge in [0.1, 0.15) is 5.69 Å². The molecule has 1 aliphatic carbocycles. The normalized spacial score (nSPS) is 16.8. The number of aliphatic hydroxyl groups is 1. The number of benzene rings is 1. The maximum absolute atomic E-state index is 10.7. The fraction of sp³-hybridized carbons (Fsp3) is 0.455. The van der Waals surface area contributed by atoms with Crippen LogP contribution in [0.5, 0.6) is 0 Å². The zero-order chi connectivity index (χ0) is 11.6. The van der Waals surface area contributed by atoms with Gasteiger partial charge in [-0.2, -0.15) is 0 Å². The summed E-state index contributed by atoms with van der Waals surface area (Å²) in [6.45, 7) is 0.731. The second kappa shape index (κ2) is 4.09. The van der Waals surface area contributed by atoms with Crippen molar-refractivity contribution >= 4 is 11.4 Å². The topological polar surface area (TPSA) is 75.4 Å². The molecule has 1 aromatic rings. The maximum atomic E-state index is 10.7. The third kappa shape index (κ3) is 2.14. The van der Waals surface area contributed by atoms with Crippen LogP contribution in [0.15, 0.2) is 24.3 Å². The summed E-state index contributed by atoms with van der Waals surface area (Å²) < 4.78 is 0. The Morgan fingerprint density at radius 3 is 2.69 bits per heavy atom. The van der Waals surface area contributed by atoms with Gasteiger partial charge in [-0.15, -0.1) is 0 Å². The van der Waals surface area contributed by atoms with E-state index < -0.39 is 4.92 Å². The second-order valence-electron chi connectivity index (χ2n) is 4.29. The van der Waals surface area contributed by atoms with Crippen LogP contribution in [0.3, 0.4) is 0 Å². The Bertz CT molecular complexity index is 402. The van der Waals surface area contributed by atoms with Crippen molar-refractivity contribution in [3.8, 4) is 0 Å². The minimum absolute atomic E-state index is 0.0519. The Hall–Kier alpha value is -1.62. The number of para-hydroxylation sites is 2. The van der Waals surface area contributed by atoms with E-state index in [1.54, 1.807) is 18.2 Å². The van der Waals surface area contributed by atoms with Gasteiger partial charge in [-0.1, -0.05) is 12.1 Å². The van der Waals surface area contributed by atoms with Gasteiger partial charge in [0.2, 0.25) is 0 Å². The monoisotopic (exact) mass is 222 g/mol. The zero-order valence-electron chi connectivity index (χ0n) is 8.85. The van der Waals surface area contributed by atoms with Crippen LogP contribution in [0.1, 0.15) is 12.8 Å². The van der Waals surface area contributed by atoms with Gasteiger partial charge in [0, 0.05) is 18.0 Å². The van der Waals surface area contributed by atoms with Crippen molar-refractivity contribution in [3.05, 3.63) is 34.4 Å². The van der Waals surface area contributed by atoms with Gasteiger partial charge in [0.05, 0.1) is 11.5 Å². The van der Waals surface area contributed by atoms with Crippen molar-refractivity contribution in [1.82, 2.24) is 0 Å². The highest BCUT2D eigenvalue weighted by Gasteiger charge is 2.41. The standard InChI is InChI=1S/C11H14N2O3/c14-8-11(5-6-11)7-12-9-3-1-2-4-10(9)13(15)16/h1-4,12,14H,5-8H2. The molecule has 86 valence electrons. The number of rotatable bonds is 5. The molecule has 0 bridgehead atoms. The van der Waals surface area contributed by atoms with Crippen molar-refractivity contribution in [1.29, 1.82) is 0 Å². The molecular formula is C11H14N2O3. The average molecular weight is 222 g/mol. The molecule has 0 aliphatic heterocycles. The summed E-state index contributed by atoms with van der Waals surface area (Å²) in [6, 6.07) is 6.56. The molecule has 0 radical (unpaired) electrons. The van der Waals surface area contributed by atoms with E-state index in [1.165, 1.54) is 6.07 Å². The van der Waals surface area contributed by atoms with Crippen molar-refractivity contribution in [3.63, 3.8) is 0 Å². The summed E-state index contributed by atoms with van der Waals surface area (Å²) in [4.78, 5) is 10.3. The Morgan fingerprint density at radius 1 is 1.44 bits per heavy atom. The Balaban J connectivity index is 2.06. The first-order chi connectivity index (χ1) is 7.67. The van der Waals surface area contributed by atoms with Gasteiger partial charge in [0.25, 0.3) is 5.69 Å². The summed E-state index contributed by atoms with van der Waals surface area (Å²) in [5.74, 6) is 0. The first-order valence-corrected chi connectivity index (χ1v) is 5.25. The quantitative estimate of drug-likeness (QED) is 0.588. The molecule has 2 rings (SSSR count). The Kier molecular flexibility index (Phi) is 2.78. The molecule has 1 aromatic carbocycles. The van der Waals surface area contributed by atoms with E-state index in [1.807, 2.05) is 0 Å². The fourth-order valence-corrected chi connectivity index (χ4v) is 1.63. The van der Waals surface area contributed by atoms with E-state index in [0.717, 1.165) is 12.8 Å². The number of nitro benzene ring substituents is 1. The van der Waals surface area contributed by atoms with Crippen LogP contribution >= 0.6 is 0 Å². The molecule has 0 atom stereocenters. The SMILES string of the molecule is O=[N+]([O-])c1ccccc1NCC1(CO)CC1. The number of aliphatic hydroxyl groups excluding tert-OH is 1. The van der Waals surface area contributed by atoms with Crippen LogP contribution in [0, 0.1) is 15.5 Å². The fourth-order valence-electron chi connectivity index (χ4n) is 1.63.